The third-order valence-corrected chi connectivity index (χ3v) is 5.41. The van der Waals surface area contributed by atoms with E-state index in [0.29, 0.717) is 5.56 Å². The third kappa shape index (κ3) is 3.56. The van der Waals surface area contributed by atoms with Crippen molar-refractivity contribution < 1.29 is 17.9 Å². The Morgan fingerprint density at radius 1 is 1.35 bits per heavy atom. The molecule has 20 heavy (non-hydrogen) atoms. The molecular formula is C14H20FNO3S. The maximum absolute atomic E-state index is 13.0. The fourth-order valence-corrected chi connectivity index (χ4v) is 3.95. The highest BCUT2D eigenvalue weighted by Crippen LogP contribution is 2.24. The maximum atomic E-state index is 13.0. The van der Waals surface area contributed by atoms with Crippen LogP contribution in [0.3, 0.4) is 0 Å². The van der Waals surface area contributed by atoms with E-state index in [2.05, 4.69) is 4.72 Å². The van der Waals surface area contributed by atoms with Crippen molar-refractivity contribution in [1.29, 1.82) is 0 Å². The molecule has 2 unspecified atom stereocenters. The van der Waals surface area contributed by atoms with Gasteiger partial charge < -0.3 is 5.11 Å². The van der Waals surface area contributed by atoms with Gasteiger partial charge in [-0.1, -0.05) is 12.8 Å². The number of sulfonamides is 1. The van der Waals surface area contributed by atoms with Gasteiger partial charge in [0.1, 0.15) is 5.82 Å². The van der Waals surface area contributed by atoms with E-state index in [-0.39, 0.29) is 17.4 Å². The number of aliphatic hydroxyl groups is 1. The van der Waals surface area contributed by atoms with Gasteiger partial charge in [-0.15, -0.1) is 0 Å². The van der Waals surface area contributed by atoms with E-state index < -0.39 is 21.9 Å². The summed E-state index contributed by atoms with van der Waals surface area (Å²) in [4.78, 5) is 0.0872. The number of nitrogens with one attached hydrogen (secondary N) is 1. The summed E-state index contributed by atoms with van der Waals surface area (Å²) >= 11 is 0. The Bertz CT molecular complexity index is 574. The Hall–Kier alpha value is -0.980. The number of rotatable bonds is 4. The van der Waals surface area contributed by atoms with Crippen LogP contribution in [0, 0.1) is 18.7 Å². The molecule has 0 amide bonds. The standard InChI is InChI=1S/C14H20FNO3S/c1-10-8-12(15)6-7-14(10)20(18,19)16-9-11-4-2-3-5-13(11)17/h6-8,11,13,16-17H,2-5,9H2,1H3. The van der Waals surface area contributed by atoms with Gasteiger partial charge in [0.15, 0.2) is 0 Å². The Labute approximate surface area is 119 Å². The summed E-state index contributed by atoms with van der Waals surface area (Å²) in [7, 11) is -3.66. The SMILES string of the molecule is Cc1cc(F)ccc1S(=O)(=O)NCC1CCCCC1O. The summed E-state index contributed by atoms with van der Waals surface area (Å²) in [6, 6.07) is 3.60. The van der Waals surface area contributed by atoms with Crippen molar-refractivity contribution in [2.45, 2.75) is 43.6 Å². The highest BCUT2D eigenvalue weighted by atomic mass is 32.2. The van der Waals surface area contributed by atoms with Crippen molar-refractivity contribution >= 4 is 10.0 Å². The van der Waals surface area contributed by atoms with Crippen molar-refractivity contribution in [3.8, 4) is 0 Å². The molecule has 1 aromatic carbocycles. The lowest BCUT2D eigenvalue weighted by Gasteiger charge is -2.27. The van der Waals surface area contributed by atoms with Gasteiger partial charge in [0.25, 0.3) is 0 Å². The molecule has 1 saturated carbocycles. The summed E-state index contributed by atoms with van der Waals surface area (Å²) < 4.78 is 39.9. The van der Waals surface area contributed by atoms with E-state index in [4.69, 9.17) is 0 Å². The van der Waals surface area contributed by atoms with Crippen molar-refractivity contribution in [1.82, 2.24) is 4.72 Å². The molecule has 2 atom stereocenters. The van der Waals surface area contributed by atoms with Crippen LogP contribution in [0.2, 0.25) is 0 Å². The summed E-state index contributed by atoms with van der Waals surface area (Å²) in [6.07, 6.45) is 3.11. The number of aryl methyl sites for hydroxylation is 1. The van der Waals surface area contributed by atoms with Crippen LogP contribution in [-0.4, -0.2) is 26.2 Å². The fourth-order valence-electron chi connectivity index (χ4n) is 2.64. The van der Waals surface area contributed by atoms with Crippen molar-refractivity contribution in [2.75, 3.05) is 6.54 Å². The number of hydrogen-bond acceptors (Lipinski definition) is 3. The van der Waals surface area contributed by atoms with Crippen molar-refractivity contribution in [2.24, 2.45) is 5.92 Å². The molecule has 0 saturated heterocycles. The Morgan fingerprint density at radius 3 is 2.70 bits per heavy atom. The van der Waals surface area contributed by atoms with Crippen LogP contribution < -0.4 is 4.72 Å². The van der Waals surface area contributed by atoms with Gasteiger partial charge in [0, 0.05) is 6.54 Å². The van der Waals surface area contributed by atoms with Crippen LogP contribution in [0.4, 0.5) is 4.39 Å². The number of halogens is 1. The highest BCUT2D eigenvalue weighted by molar-refractivity contribution is 7.89. The topological polar surface area (TPSA) is 66.4 Å². The predicted molar refractivity (Wildman–Crippen MR) is 74.3 cm³/mol. The van der Waals surface area contributed by atoms with E-state index in [0.717, 1.165) is 31.7 Å². The van der Waals surface area contributed by atoms with Crippen LogP contribution in [0.1, 0.15) is 31.2 Å². The second kappa shape index (κ2) is 6.20. The van der Waals surface area contributed by atoms with Crippen molar-refractivity contribution in [3.05, 3.63) is 29.6 Å². The lowest BCUT2D eigenvalue weighted by Crippen LogP contribution is -2.36. The molecule has 0 aromatic heterocycles. The van der Waals surface area contributed by atoms with Crippen LogP contribution in [0.25, 0.3) is 0 Å². The first kappa shape index (κ1) is 15.4. The first-order valence-corrected chi connectivity index (χ1v) is 8.32. The zero-order chi connectivity index (χ0) is 14.8. The molecule has 0 aliphatic heterocycles. The molecule has 1 aliphatic carbocycles. The third-order valence-electron chi connectivity index (χ3n) is 3.83. The van der Waals surface area contributed by atoms with Gasteiger partial charge in [-0.2, -0.15) is 0 Å². The molecule has 6 heteroatoms. The number of hydrogen-bond donors (Lipinski definition) is 2. The molecule has 0 heterocycles. The molecule has 2 rings (SSSR count). The minimum absolute atomic E-state index is 0.0423. The van der Waals surface area contributed by atoms with Crippen LogP contribution >= 0.6 is 0 Å². The fraction of sp³-hybridized carbons (Fsp3) is 0.571. The van der Waals surface area contributed by atoms with Gasteiger partial charge in [0.2, 0.25) is 10.0 Å². The lowest BCUT2D eigenvalue weighted by atomic mass is 9.87. The largest absolute Gasteiger partial charge is 0.393 e. The second-order valence-electron chi connectivity index (χ2n) is 5.37. The minimum atomic E-state index is -3.66. The first-order valence-electron chi connectivity index (χ1n) is 6.84. The quantitative estimate of drug-likeness (QED) is 0.893. The average Bonchev–Trinajstić information content (AvgIpc) is 2.37. The summed E-state index contributed by atoms with van der Waals surface area (Å²) in [5.74, 6) is -0.497. The zero-order valence-corrected chi connectivity index (χ0v) is 12.3. The lowest BCUT2D eigenvalue weighted by molar-refractivity contribution is 0.0724. The Kier molecular flexibility index (Phi) is 4.78. The van der Waals surface area contributed by atoms with E-state index in [1.165, 1.54) is 12.1 Å². The predicted octanol–water partition coefficient (Wildman–Crippen LogP) is 1.96. The molecule has 112 valence electrons. The normalized spacial score (nSPS) is 23.8. The average molecular weight is 301 g/mol. The van der Waals surface area contributed by atoms with E-state index >= 15 is 0 Å². The molecule has 0 radical (unpaired) electrons. The first-order chi connectivity index (χ1) is 9.40. The van der Waals surface area contributed by atoms with Gasteiger partial charge in [0.05, 0.1) is 11.0 Å². The molecular weight excluding hydrogens is 281 g/mol. The maximum Gasteiger partial charge on any atom is 0.240 e. The molecule has 0 bridgehead atoms. The molecule has 4 nitrogen and oxygen atoms in total. The Morgan fingerprint density at radius 2 is 2.05 bits per heavy atom. The molecule has 1 fully saturated rings. The smallest absolute Gasteiger partial charge is 0.240 e. The molecule has 1 aromatic rings. The van der Waals surface area contributed by atoms with Gasteiger partial charge >= 0.3 is 0 Å². The zero-order valence-electron chi connectivity index (χ0n) is 11.5. The van der Waals surface area contributed by atoms with Crippen LogP contribution in [-0.2, 0) is 10.0 Å². The number of aliphatic hydroxyl groups excluding tert-OH is 1. The monoisotopic (exact) mass is 301 g/mol. The summed E-state index contributed by atoms with van der Waals surface area (Å²) in [5.41, 5.74) is 0.377. The van der Waals surface area contributed by atoms with E-state index in [9.17, 15) is 17.9 Å². The Balaban J connectivity index is 2.07. The van der Waals surface area contributed by atoms with E-state index in [1.807, 2.05) is 0 Å². The molecule has 2 N–H and O–H groups in total. The molecule has 0 spiro atoms. The molecule has 1 aliphatic rings. The number of benzene rings is 1. The summed E-state index contributed by atoms with van der Waals surface area (Å²) in [5, 5.41) is 9.84. The minimum Gasteiger partial charge on any atom is -0.393 e. The van der Waals surface area contributed by atoms with Gasteiger partial charge in [-0.3, -0.25) is 0 Å². The van der Waals surface area contributed by atoms with Gasteiger partial charge in [-0.25, -0.2) is 17.5 Å². The second-order valence-corrected chi connectivity index (χ2v) is 7.11. The van der Waals surface area contributed by atoms with Gasteiger partial charge in [-0.05, 0) is 49.4 Å². The van der Waals surface area contributed by atoms with Crippen LogP contribution in [0.5, 0.6) is 0 Å². The van der Waals surface area contributed by atoms with E-state index in [1.54, 1.807) is 6.92 Å². The van der Waals surface area contributed by atoms with Crippen molar-refractivity contribution in [3.63, 3.8) is 0 Å². The summed E-state index contributed by atoms with van der Waals surface area (Å²) in [6.45, 7) is 1.79. The highest BCUT2D eigenvalue weighted by Gasteiger charge is 2.25. The van der Waals surface area contributed by atoms with Crippen LogP contribution in [0.15, 0.2) is 23.1 Å².